The first-order chi connectivity index (χ1) is 11.6. The fraction of sp³-hybridized carbons (Fsp3) is 0.222. The lowest BCUT2D eigenvalue weighted by Crippen LogP contribution is -2.41. The van der Waals surface area contributed by atoms with E-state index in [2.05, 4.69) is 10.6 Å². The van der Waals surface area contributed by atoms with Crippen molar-refractivity contribution in [2.45, 2.75) is 19.0 Å². The predicted molar refractivity (Wildman–Crippen MR) is 87.3 cm³/mol. The number of carbonyl (C=O) groups excluding carboxylic acids is 2. The van der Waals surface area contributed by atoms with Crippen molar-refractivity contribution in [2.24, 2.45) is 0 Å². The van der Waals surface area contributed by atoms with Crippen molar-refractivity contribution in [3.63, 3.8) is 0 Å². The average molecular weight is 330 g/mol. The van der Waals surface area contributed by atoms with Gasteiger partial charge >= 0.3 is 11.8 Å². The van der Waals surface area contributed by atoms with Crippen LogP contribution >= 0.6 is 0 Å². The summed E-state index contributed by atoms with van der Waals surface area (Å²) in [6, 6.07) is 14.3. The number of amides is 2. The minimum Gasteiger partial charge on any atom is -0.396 e. The van der Waals surface area contributed by atoms with Gasteiger partial charge in [0.15, 0.2) is 0 Å². The summed E-state index contributed by atoms with van der Waals surface area (Å²) >= 11 is 0. The van der Waals surface area contributed by atoms with E-state index in [0.29, 0.717) is 12.0 Å². The molecule has 0 spiro atoms. The van der Waals surface area contributed by atoms with E-state index in [1.54, 1.807) is 0 Å². The minimum atomic E-state index is -0.779. The number of nitrogens with one attached hydrogen (secondary N) is 2. The first-order valence-corrected chi connectivity index (χ1v) is 7.59. The van der Waals surface area contributed by atoms with Crippen LogP contribution in [0.15, 0.2) is 54.6 Å². The highest BCUT2D eigenvalue weighted by Crippen LogP contribution is 2.15. The fourth-order valence-electron chi connectivity index (χ4n) is 2.23. The third-order valence-corrected chi connectivity index (χ3v) is 3.50. The third kappa shape index (κ3) is 5.17. The van der Waals surface area contributed by atoms with E-state index < -0.39 is 17.9 Å². The minimum absolute atomic E-state index is 0.114. The molecule has 0 bridgehead atoms. The summed E-state index contributed by atoms with van der Waals surface area (Å²) in [5, 5.41) is 14.2. The molecule has 0 aromatic heterocycles. The van der Waals surface area contributed by atoms with E-state index in [1.807, 2.05) is 30.3 Å². The zero-order chi connectivity index (χ0) is 17.4. The molecule has 5 nitrogen and oxygen atoms in total. The van der Waals surface area contributed by atoms with E-state index in [9.17, 15) is 14.0 Å². The lowest BCUT2D eigenvalue weighted by atomic mass is 10.0. The number of halogens is 1. The normalized spacial score (nSPS) is 11.6. The Hall–Kier alpha value is -2.73. The molecule has 126 valence electrons. The smallest absolute Gasteiger partial charge is 0.309 e. The molecule has 2 amide bonds. The SMILES string of the molecule is O=C(NCc1ccc(F)cc1)C(=O)NC(CCO)c1ccccc1. The third-order valence-electron chi connectivity index (χ3n) is 3.50. The molecule has 0 heterocycles. The van der Waals surface area contributed by atoms with Gasteiger partial charge in [-0.25, -0.2) is 4.39 Å². The second-order valence-corrected chi connectivity index (χ2v) is 5.26. The van der Waals surface area contributed by atoms with Crippen LogP contribution < -0.4 is 10.6 Å². The number of aliphatic hydroxyl groups is 1. The topological polar surface area (TPSA) is 78.4 Å². The summed E-state index contributed by atoms with van der Waals surface area (Å²) < 4.78 is 12.8. The van der Waals surface area contributed by atoms with Crippen molar-refractivity contribution in [3.05, 3.63) is 71.5 Å². The summed E-state index contributed by atoms with van der Waals surface area (Å²) in [6.45, 7) is 0.0135. The predicted octanol–water partition coefficient (Wildman–Crippen LogP) is 1.68. The number of carbonyl (C=O) groups is 2. The van der Waals surface area contributed by atoms with Gasteiger partial charge in [0.1, 0.15) is 5.82 Å². The Morgan fingerprint density at radius 3 is 2.29 bits per heavy atom. The van der Waals surface area contributed by atoms with Crippen molar-refractivity contribution in [3.8, 4) is 0 Å². The monoisotopic (exact) mass is 330 g/mol. The Balaban J connectivity index is 1.91. The van der Waals surface area contributed by atoms with Gasteiger partial charge < -0.3 is 15.7 Å². The molecule has 0 radical (unpaired) electrons. The molecule has 0 aliphatic carbocycles. The number of benzene rings is 2. The highest BCUT2D eigenvalue weighted by Gasteiger charge is 2.19. The zero-order valence-electron chi connectivity index (χ0n) is 13.0. The molecule has 2 aromatic carbocycles. The molecule has 0 saturated heterocycles. The first kappa shape index (κ1) is 17.6. The van der Waals surface area contributed by atoms with E-state index >= 15 is 0 Å². The average Bonchev–Trinajstić information content (AvgIpc) is 2.61. The van der Waals surface area contributed by atoms with Gasteiger partial charge in [0.05, 0.1) is 6.04 Å². The maximum atomic E-state index is 12.8. The molecule has 0 fully saturated rings. The molecule has 0 aliphatic rings. The van der Waals surface area contributed by atoms with Crippen LogP contribution in [-0.4, -0.2) is 23.5 Å². The Labute approximate surface area is 139 Å². The van der Waals surface area contributed by atoms with Crippen LogP contribution in [0.25, 0.3) is 0 Å². The van der Waals surface area contributed by atoms with Crippen LogP contribution in [0.3, 0.4) is 0 Å². The zero-order valence-corrected chi connectivity index (χ0v) is 13.0. The van der Waals surface area contributed by atoms with Crippen molar-refractivity contribution in [1.82, 2.24) is 10.6 Å². The van der Waals surface area contributed by atoms with Crippen molar-refractivity contribution in [2.75, 3.05) is 6.61 Å². The highest BCUT2D eigenvalue weighted by molar-refractivity contribution is 6.35. The molecule has 3 N–H and O–H groups in total. The number of aliphatic hydroxyl groups excluding tert-OH is 1. The highest BCUT2D eigenvalue weighted by atomic mass is 19.1. The molecular weight excluding hydrogens is 311 g/mol. The largest absolute Gasteiger partial charge is 0.396 e. The van der Waals surface area contributed by atoms with Crippen molar-refractivity contribution in [1.29, 1.82) is 0 Å². The Bertz CT molecular complexity index is 674. The summed E-state index contributed by atoms with van der Waals surface area (Å²) in [5.41, 5.74) is 1.50. The quantitative estimate of drug-likeness (QED) is 0.705. The lowest BCUT2D eigenvalue weighted by molar-refractivity contribution is -0.139. The molecule has 1 unspecified atom stereocenters. The molecule has 0 aliphatic heterocycles. The van der Waals surface area contributed by atoms with Crippen LogP contribution in [0.1, 0.15) is 23.6 Å². The number of hydrogen-bond acceptors (Lipinski definition) is 3. The van der Waals surface area contributed by atoms with Gasteiger partial charge in [0.25, 0.3) is 0 Å². The molecule has 2 rings (SSSR count). The molecular formula is C18H19FN2O3. The van der Waals surface area contributed by atoms with Crippen LogP contribution in [0.4, 0.5) is 4.39 Å². The van der Waals surface area contributed by atoms with E-state index in [1.165, 1.54) is 24.3 Å². The number of rotatable bonds is 6. The molecule has 1 atom stereocenters. The summed E-state index contributed by atoms with van der Waals surface area (Å²) in [5.74, 6) is -1.92. The maximum absolute atomic E-state index is 12.8. The molecule has 24 heavy (non-hydrogen) atoms. The van der Waals surface area contributed by atoms with Gasteiger partial charge in [0.2, 0.25) is 0 Å². The summed E-state index contributed by atoms with van der Waals surface area (Å²) in [4.78, 5) is 23.9. The standard InChI is InChI=1S/C18H19FN2O3/c19-15-8-6-13(7-9-15)12-20-17(23)18(24)21-16(10-11-22)14-4-2-1-3-5-14/h1-9,16,22H,10-12H2,(H,20,23)(H,21,24). The summed E-state index contributed by atoms with van der Waals surface area (Å²) in [7, 11) is 0. The van der Waals surface area contributed by atoms with Gasteiger partial charge in [-0.1, -0.05) is 42.5 Å². The lowest BCUT2D eigenvalue weighted by Gasteiger charge is -2.18. The van der Waals surface area contributed by atoms with Gasteiger partial charge in [-0.15, -0.1) is 0 Å². The van der Waals surface area contributed by atoms with Gasteiger partial charge in [-0.2, -0.15) is 0 Å². The molecule has 2 aromatic rings. The Kier molecular flexibility index (Phi) is 6.45. The van der Waals surface area contributed by atoms with Crippen LogP contribution in [-0.2, 0) is 16.1 Å². The van der Waals surface area contributed by atoms with E-state index in [4.69, 9.17) is 5.11 Å². The van der Waals surface area contributed by atoms with E-state index in [0.717, 1.165) is 5.56 Å². The second-order valence-electron chi connectivity index (χ2n) is 5.26. The Morgan fingerprint density at radius 2 is 1.67 bits per heavy atom. The first-order valence-electron chi connectivity index (χ1n) is 7.59. The summed E-state index contributed by atoms with van der Waals surface area (Å²) in [6.07, 6.45) is 0.307. The van der Waals surface area contributed by atoms with E-state index in [-0.39, 0.29) is 19.0 Å². The van der Waals surface area contributed by atoms with Crippen molar-refractivity contribution < 1.29 is 19.1 Å². The van der Waals surface area contributed by atoms with Crippen LogP contribution in [0, 0.1) is 5.82 Å². The van der Waals surface area contributed by atoms with Gasteiger partial charge in [-0.3, -0.25) is 9.59 Å². The van der Waals surface area contributed by atoms with Crippen LogP contribution in [0.5, 0.6) is 0 Å². The Morgan fingerprint density at radius 1 is 1.00 bits per heavy atom. The molecule has 6 heteroatoms. The fourth-order valence-corrected chi connectivity index (χ4v) is 2.23. The second kappa shape index (κ2) is 8.79. The maximum Gasteiger partial charge on any atom is 0.309 e. The number of hydrogen-bond donors (Lipinski definition) is 3. The van der Waals surface area contributed by atoms with Gasteiger partial charge in [-0.05, 0) is 29.7 Å². The van der Waals surface area contributed by atoms with Gasteiger partial charge in [0, 0.05) is 13.2 Å². The molecule has 0 saturated carbocycles. The van der Waals surface area contributed by atoms with Crippen molar-refractivity contribution >= 4 is 11.8 Å². The van der Waals surface area contributed by atoms with Crippen LogP contribution in [0.2, 0.25) is 0 Å².